The Labute approximate surface area is 110 Å². The predicted octanol–water partition coefficient (Wildman–Crippen LogP) is 2.44. The zero-order chi connectivity index (χ0) is 13.8. The van der Waals surface area contributed by atoms with Crippen LogP contribution in [0.1, 0.15) is 31.4 Å². The molecule has 0 bridgehead atoms. The van der Waals surface area contributed by atoms with E-state index in [1.165, 1.54) is 6.07 Å². The zero-order valence-corrected chi connectivity index (χ0v) is 10.8. The average Bonchev–Trinajstić information content (AvgIpc) is 2.90. The standard InChI is InChI=1S/C13H16N2O4/c1-9-6-7-12(13(14-9)15(17)18)19-8-11(16)10-4-2-3-5-10/h6-7,10H,2-5,8H2,1H3. The monoisotopic (exact) mass is 264 g/mol. The van der Waals surface area contributed by atoms with E-state index in [4.69, 9.17) is 4.74 Å². The van der Waals surface area contributed by atoms with Gasteiger partial charge in [-0.2, -0.15) is 0 Å². The van der Waals surface area contributed by atoms with E-state index in [0.717, 1.165) is 25.7 Å². The minimum Gasteiger partial charge on any atom is -0.478 e. The molecule has 0 spiro atoms. The number of nitro groups is 1. The summed E-state index contributed by atoms with van der Waals surface area (Å²) in [4.78, 5) is 25.9. The minimum atomic E-state index is -0.595. The number of aromatic nitrogens is 1. The van der Waals surface area contributed by atoms with Crippen molar-refractivity contribution in [2.45, 2.75) is 32.6 Å². The molecule has 1 heterocycles. The van der Waals surface area contributed by atoms with Crippen molar-refractivity contribution in [1.29, 1.82) is 0 Å². The van der Waals surface area contributed by atoms with Crippen LogP contribution in [0.15, 0.2) is 12.1 Å². The van der Waals surface area contributed by atoms with Gasteiger partial charge in [0.15, 0.2) is 5.78 Å². The first-order chi connectivity index (χ1) is 9.08. The molecule has 102 valence electrons. The van der Waals surface area contributed by atoms with Gasteiger partial charge in [0.2, 0.25) is 5.75 Å². The molecule has 0 aliphatic heterocycles. The quantitative estimate of drug-likeness (QED) is 0.602. The van der Waals surface area contributed by atoms with Crippen molar-refractivity contribution in [3.8, 4) is 5.75 Å². The molecule has 0 unspecified atom stereocenters. The van der Waals surface area contributed by atoms with E-state index in [0.29, 0.717) is 5.69 Å². The van der Waals surface area contributed by atoms with Gasteiger partial charge in [0.05, 0.1) is 0 Å². The van der Waals surface area contributed by atoms with Gasteiger partial charge in [-0.3, -0.25) is 4.79 Å². The van der Waals surface area contributed by atoms with Crippen LogP contribution in [0.5, 0.6) is 5.75 Å². The number of hydrogen-bond acceptors (Lipinski definition) is 5. The first-order valence-electron chi connectivity index (χ1n) is 6.35. The highest BCUT2D eigenvalue weighted by atomic mass is 16.6. The highest BCUT2D eigenvalue weighted by Gasteiger charge is 2.24. The molecule has 6 heteroatoms. The van der Waals surface area contributed by atoms with Crippen LogP contribution in [-0.4, -0.2) is 22.3 Å². The normalized spacial score (nSPS) is 15.4. The number of pyridine rings is 1. The lowest BCUT2D eigenvalue weighted by atomic mass is 10.0. The Morgan fingerprint density at radius 2 is 2.16 bits per heavy atom. The fraction of sp³-hybridized carbons (Fsp3) is 0.538. The van der Waals surface area contributed by atoms with E-state index in [9.17, 15) is 14.9 Å². The summed E-state index contributed by atoms with van der Waals surface area (Å²) in [7, 11) is 0. The van der Waals surface area contributed by atoms with E-state index in [2.05, 4.69) is 4.98 Å². The molecule has 1 saturated carbocycles. The van der Waals surface area contributed by atoms with Crippen LogP contribution in [0.4, 0.5) is 5.82 Å². The largest absolute Gasteiger partial charge is 0.478 e. The maximum Gasteiger partial charge on any atom is 0.406 e. The number of ketones is 1. The third kappa shape index (κ3) is 3.27. The van der Waals surface area contributed by atoms with Gasteiger partial charge in [-0.25, -0.2) is 0 Å². The molecular weight excluding hydrogens is 248 g/mol. The number of aryl methyl sites for hydroxylation is 1. The molecule has 0 radical (unpaired) electrons. The van der Waals surface area contributed by atoms with E-state index < -0.39 is 4.92 Å². The van der Waals surface area contributed by atoms with Gasteiger partial charge in [-0.1, -0.05) is 12.8 Å². The van der Waals surface area contributed by atoms with Crippen molar-refractivity contribution in [2.24, 2.45) is 5.92 Å². The molecule has 19 heavy (non-hydrogen) atoms. The van der Waals surface area contributed by atoms with Crippen molar-refractivity contribution in [3.63, 3.8) is 0 Å². The van der Waals surface area contributed by atoms with Gasteiger partial charge < -0.3 is 14.9 Å². The van der Waals surface area contributed by atoms with Crippen LogP contribution in [0.25, 0.3) is 0 Å². The maximum atomic E-state index is 11.9. The molecule has 0 N–H and O–H groups in total. The van der Waals surface area contributed by atoms with Crippen molar-refractivity contribution < 1.29 is 14.5 Å². The second-order valence-corrected chi connectivity index (χ2v) is 4.77. The summed E-state index contributed by atoms with van der Waals surface area (Å²) >= 11 is 0. The van der Waals surface area contributed by atoms with Gasteiger partial charge in [0.1, 0.15) is 12.3 Å². The van der Waals surface area contributed by atoms with Crippen molar-refractivity contribution in [1.82, 2.24) is 4.98 Å². The fourth-order valence-electron chi connectivity index (χ4n) is 2.29. The number of carbonyl (C=O) groups is 1. The summed E-state index contributed by atoms with van der Waals surface area (Å²) in [5.41, 5.74) is 0.543. The van der Waals surface area contributed by atoms with E-state index >= 15 is 0 Å². The molecule has 6 nitrogen and oxygen atoms in total. The van der Waals surface area contributed by atoms with E-state index in [1.807, 2.05) is 0 Å². The second kappa shape index (κ2) is 5.77. The Hall–Kier alpha value is -1.98. The predicted molar refractivity (Wildman–Crippen MR) is 68.1 cm³/mol. The highest BCUT2D eigenvalue weighted by molar-refractivity contribution is 5.82. The molecule has 0 saturated heterocycles. The van der Waals surface area contributed by atoms with Crippen LogP contribution in [0, 0.1) is 23.0 Å². The molecule has 1 aliphatic carbocycles. The van der Waals surface area contributed by atoms with E-state index in [-0.39, 0.29) is 29.9 Å². The lowest BCUT2D eigenvalue weighted by Gasteiger charge is -2.09. The number of rotatable bonds is 5. The summed E-state index contributed by atoms with van der Waals surface area (Å²) in [5, 5.41) is 10.9. The summed E-state index contributed by atoms with van der Waals surface area (Å²) in [5.74, 6) is -0.203. The second-order valence-electron chi connectivity index (χ2n) is 4.77. The maximum absolute atomic E-state index is 11.9. The fourth-order valence-corrected chi connectivity index (χ4v) is 2.29. The first kappa shape index (κ1) is 13.5. The molecule has 0 aromatic carbocycles. The lowest BCUT2D eigenvalue weighted by Crippen LogP contribution is -2.19. The van der Waals surface area contributed by atoms with Gasteiger partial charge in [-0.05, 0) is 34.9 Å². The smallest absolute Gasteiger partial charge is 0.406 e. The molecule has 1 aliphatic rings. The van der Waals surface area contributed by atoms with Crippen molar-refractivity contribution in [3.05, 3.63) is 27.9 Å². The molecular formula is C13H16N2O4. The SMILES string of the molecule is Cc1ccc(OCC(=O)C2CCCC2)c([N+](=O)[O-])n1. The topological polar surface area (TPSA) is 82.3 Å². The lowest BCUT2D eigenvalue weighted by molar-refractivity contribution is -0.390. The zero-order valence-electron chi connectivity index (χ0n) is 10.8. The number of hydrogen-bond donors (Lipinski definition) is 0. The average molecular weight is 264 g/mol. The van der Waals surface area contributed by atoms with Gasteiger partial charge in [-0.15, -0.1) is 0 Å². The highest BCUT2D eigenvalue weighted by Crippen LogP contribution is 2.27. The first-order valence-corrected chi connectivity index (χ1v) is 6.35. The van der Waals surface area contributed by atoms with Crippen LogP contribution in [0.3, 0.4) is 0 Å². The summed E-state index contributed by atoms with van der Waals surface area (Å²) in [6.45, 7) is 1.55. The molecule has 0 amide bonds. The number of ether oxygens (including phenoxy) is 1. The molecule has 2 rings (SSSR count). The Morgan fingerprint density at radius 3 is 2.79 bits per heavy atom. The van der Waals surface area contributed by atoms with Crippen molar-refractivity contribution in [2.75, 3.05) is 6.61 Å². The molecule has 1 aromatic rings. The Balaban J connectivity index is 2.02. The summed E-state index contributed by atoms with van der Waals surface area (Å²) < 4.78 is 5.27. The third-order valence-electron chi connectivity index (χ3n) is 3.33. The van der Waals surface area contributed by atoms with Gasteiger partial charge >= 0.3 is 5.82 Å². The number of Topliss-reactive ketones (excluding diaryl/α,β-unsaturated/α-hetero) is 1. The van der Waals surface area contributed by atoms with Gasteiger partial charge in [0, 0.05) is 12.8 Å². The van der Waals surface area contributed by atoms with Crippen LogP contribution < -0.4 is 4.74 Å². The summed E-state index contributed by atoms with van der Waals surface area (Å²) in [6.07, 6.45) is 3.94. The van der Waals surface area contributed by atoms with Crippen LogP contribution >= 0.6 is 0 Å². The van der Waals surface area contributed by atoms with Crippen LogP contribution in [0.2, 0.25) is 0 Å². The third-order valence-corrected chi connectivity index (χ3v) is 3.33. The van der Waals surface area contributed by atoms with E-state index in [1.54, 1.807) is 13.0 Å². The van der Waals surface area contributed by atoms with Crippen LogP contribution in [-0.2, 0) is 4.79 Å². The summed E-state index contributed by atoms with van der Waals surface area (Å²) in [6, 6.07) is 3.12. The number of nitrogens with zero attached hydrogens (tertiary/aromatic N) is 2. The molecule has 1 fully saturated rings. The minimum absolute atomic E-state index is 0.0207. The number of carbonyl (C=O) groups excluding carboxylic acids is 1. The Kier molecular flexibility index (Phi) is 4.09. The molecule has 0 atom stereocenters. The van der Waals surface area contributed by atoms with Gasteiger partial charge in [0.25, 0.3) is 0 Å². The Bertz CT molecular complexity index is 495. The Morgan fingerprint density at radius 1 is 1.47 bits per heavy atom. The molecule has 1 aromatic heterocycles. The van der Waals surface area contributed by atoms with Crippen molar-refractivity contribution >= 4 is 11.6 Å².